The molecule has 2 aromatic carbocycles. The molecule has 2 aromatic rings. The number of carbonyl (C=O) groups is 1. The first-order valence-electron chi connectivity index (χ1n) is 11.6. The number of carbonyl (C=O) groups excluding carboxylic acids is 1. The molecule has 1 spiro atoms. The van der Waals surface area contributed by atoms with Gasteiger partial charge in [-0.05, 0) is 67.3 Å². The van der Waals surface area contributed by atoms with E-state index in [1.807, 2.05) is 24.3 Å². The molecule has 1 saturated heterocycles. The lowest BCUT2D eigenvalue weighted by Crippen LogP contribution is -2.50. The Kier molecular flexibility index (Phi) is 5.70. The topological polar surface area (TPSA) is 41.6 Å². The number of rotatable bonds is 6. The molecule has 31 heavy (non-hydrogen) atoms. The molecule has 1 N–H and O–H groups in total. The zero-order valence-corrected chi connectivity index (χ0v) is 18.0. The van der Waals surface area contributed by atoms with Crippen molar-refractivity contribution in [2.75, 3.05) is 19.6 Å². The Labute approximate surface area is 183 Å². The Balaban J connectivity index is 1.24. The van der Waals surface area contributed by atoms with Crippen LogP contribution in [0, 0.1) is 11.7 Å². The number of nitrogens with one attached hydrogen (secondary N) is 1. The van der Waals surface area contributed by atoms with E-state index in [0.717, 1.165) is 56.8 Å². The number of fused-ring (bicyclic) bond motifs is 1. The van der Waals surface area contributed by atoms with Gasteiger partial charge in [-0.1, -0.05) is 30.3 Å². The smallest absolute Gasteiger partial charge is 0.220 e. The highest BCUT2D eigenvalue weighted by atomic mass is 19.1. The predicted octanol–water partition coefficient (Wildman–Crippen LogP) is 4.64. The zero-order valence-electron chi connectivity index (χ0n) is 18.0. The van der Waals surface area contributed by atoms with Gasteiger partial charge in [0.1, 0.15) is 17.2 Å². The van der Waals surface area contributed by atoms with Gasteiger partial charge in [-0.25, -0.2) is 4.39 Å². The van der Waals surface area contributed by atoms with Gasteiger partial charge in [0.05, 0.1) is 0 Å². The molecule has 164 valence electrons. The van der Waals surface area contributed by atoms with Gasteiger partial charge in [0.25, 0.3) is 0 Å². The molecule has 0 aromatic heterocycles. The van der Waals surface area contributed by atoms with Crippen LogP contribution >= 0.6 is 0 Å². The number of likely N-dealkylation sites (tertiary alicyclic amines) is 1. The number of ether oxygens (including phenoxy) is 1. The average Bonchev–Trinajstić information content (AvgIpc) is 3.60. The largest absolute Gasteiger partial charge is 0.487 e. The Hall–Kier alpha value is -2.40. The van der Waals surface area contributed by atoms with E-state index in [4.69, 9.17) is 4.74 Å². The van der Waals surface area contributed by atoms with Crippen molar-refractivity contribution >= 4 is 5.91 Å². The van der Waals surface area contributed by atoms with Crippen molar-refractivity contribution in [3.05, 3.63) is 65.5 Å². The second-order valence-corrected chi connectivity index (χ2v) is 9.58. The van der Waals surface area contributed by atoms with E-state index in [0.29, 0.717) is 12.3 Å². The van der Waals surface area contributed by atoms with Crippen LogP contribution in [0.3, 0.4) is 0 Å². The van der Waals surface area contributed by atoms with Gasteiger partial charge in [0, 0.05) is 38.5 Å². The van der Waals surface area contributed by atoms with E-state index in [1.165, 1.54) is 30.5 Å². The summed E-state index contributed by atoms with van der Waals surface area (Å²) in [6.45, 7) is 3.55. The van der Waals surface area contributed by atoms with E-state index >= 15 is 0 Å². The van der Waals surface area contributed by atoms with Gasteiger partial charge in [0.2, 0.25) is 5.91 Å². The van der Waals surface area contributed by atoms with Crippen LogP contribution in [0.5, 0.6) is 5.75 Å². The highest BCUT2D eigenvalue weighted by Crippen LogP contribution is 2.46. The lowest BCUT2D eigenvalue weighted by molar-refractivity contribution is -0.122. The number of halogens is 1. The maximum Gasteiger partial charge on any atom is 0.220 e. The SMILES string of the molecule is O=C(CC1CC2(CCN(Cc3ccc(F)cc3)CC2)Oc2ccccc21)NCC1CC1. The Morgan fingerprint density at radius 2 is 1.84 bits per heavy atom. The fourth-order valence-corrected chi connectivity index (χ4v) is 5.08. The van der Waals surface area contributed by atoms with Crippen molar-refractivity contribution in [3.63, 3.8) is 0 Å². The summed E-state index contributed by atoms with van der Waals surface area (Å²) in [5.74, 6) is 1.82. The van der Waals surface area contributed by atoms with Gasteiger partial charge < -0.3 is 10.1 Å². The Bertz CT molecular complexity index is 917. The molecule has 0 bridgehead atoms. The number of para-hydroxylation sites is 1. The highest BCUT2D eigenvalue weighted by molar-refractivity contribution is 5.77. The lowest BCUT2D eigenvalue weighted by Gasteiger charge is -2.47. The summed E-state index contributed by atoms with van der Waals surface area (Å²) in [5.41, 5.74) is 2.11. The molecule has 1 atom stereocenters. The maximum absolute atomic E-state index is 13.2. The zero-order chi connectivity index (χ0) is 21.3. The molecule has 1 amide bonds. The molecule has 5 rings (SSSR count). The van der Waals surface area contributed by atoms with Crippen molar-refractivity contribution in [2.45, 2.75) is 56.6 Å². The summed E-state index contributed by atoms with van der Waals surface area (Å²) in [6, 6.07) is 15.0. The predicted molar refractivity (Wildman–Crippen MR) is 118 cm³/mol. The molecule has 1 aliphatic carbocycles. The third-order valence-corrected chi connectivity index (χ3v) is 7.11. The average molecular weight is 423 g/mol. The molecule has 5 heteroatoms. The molecule has 1 saturated carbocycles. The van der Waals surface area contributed by atoms with Crippen LogP contribution < -0.4 is 10.1 Å². The second kappa shape index (κ2) is 8.62. The molecule has 3 aliphatic rings. The Morgan fingerprint density at radius 3 is 2.58 bits per heavy atom. The number of nitrogens with zero attached hydrogens (tertiary/aromatic N) is 1. The fraction of sp³-hybridized carbons (Fsp3) is 0.500. The number of hydrogen-bond acceptors (Lipinski definition) is 3. The minimum atomic E-state index is -0.199. The molecular formula is C26H31FN2O2. The van der Waals surface area contributed by atoms with Crippen LogP contribution in [0.4, 0.5) is 4.39 Å². The van der Waals surface area contributed by atoms with Crippen molar-refractivity contribution in [3.8, 4) is 5.75 Å². The molecule has 1 unspecified atom stereocenters. The minimum absolute atomic E-state index is 0.164. The first kappa shape index (κ1) is 20.5. The number of benzene rings is 2. The number of piperidine rings is 1. The molecule has 4 nitrogen and oxygen atoms in total. The summed E-state index contributed by atoms with van der Waals surface area (Å²) in [4.78, 5) is 15.0. The van der Waals surface area contributed by atoms with Crippen molar-refractivity contribution < 1.29 is 13.9 Å². The molecule has 2 heterocycles. The highest BCUT2D eigenvalue weighted by Gasteiger charge is 2.43. The summed E-state index contributed by atoms with van der Waals surface area (Å²) < 4.78 is 19.8. The van der Waals surface area contributed by atoms with Crippen LogP contribution in [0.15, 0.2) is 48.5 Å². The van der Waals surface area contributed by atoms with Gasteiger partial charge in [0.15, 0.2) is 0 Å². The van der Waals surface area contributed by atoms with E-state index in [2.05, 4.69) is 22.3 Å². The molecule has 0 radical (unpaired) electrons. The first-order chi connectivity index (χ1) is 15.1. The van der Waals surface area contributed by atoms with Gasteiger partial charge in [-0.3, -0.25) is 9.69 Å². The van der Waals surface area contributed by atoms with Crippen molar-refractivity contribution in [1.82, 2.24) is 10.2 Å². The van der Waals surface area contributed by atoms with E-state index in [-0.39, 0.29) is 23.2 Å². The standard InChI is InChI=1S/C26H31FN2O2/c27-22-9-7-20(8-10-22)18-29-13-11-26(12-14-29)16-21(15-25(30)28-17-19-5-6-19)23-3-1-2-4-24(23)31-26/h1-4,7-10,19,21H,5-6,11-18H2,(H,28,30). The monoisotopic (exact) mass is 422 g/mol. The second-order valence-electron chi connectivity index (χ2n) is 9.58. The minimum Gasteiger partial charge on any atom is -0.487 e. The van der Waals surface area contributed by atoms with Crippen molar-refractivity contribution in [1.29, 1.82) is 0 Å². The number of amides is 1. The van der Waals surface area contributed by atoms with E-state index in [9.17, 15) is 9.18 Å². The fourth-order valence-electron chi connectivity index (χ4n) is 5.08. The van der Waals surface area contributed by atoms with E-state index < -0.39 is 0 Å². The lowest BCUT2D eigenvalue weighted by atomic mass is 9.76. The van der Waals surface area contributed by atoms with Crippen LogP contribution in [-0.4, -0.2) is 36.0 Å². The van der Waals surface area contributed by atoms with Gasteiger partial charge in [-0.2, -0.15) is 0 Å². The third kappa shape index (κ3) is 4.93. The van der Waals surface area contributed by atoms with Gasteiger partial charge in [-0.15, -0.1) is 0 Å². The van der Waals surface area contributed by atoms with E-state index in [1.54, 1.807) is 0 Å². The number of hydrogen-bond donors (Lipinski definition) is 1. The van der Waals surface area contributed by atoms with Crippen LogP contribution in [0.25, 0.3) is 0 Å². The summed E-state index contributed by atoms with van der Waals surface area (Å²) in [7, 11) is 0. The first-order valence-corrected chi connectivity index (χ1v) is 11.6. The molecular weight excluding hydrogens is 391 g/mol. The molecule has 2 aliphatic heterocycles. The summed E-state index contributed by atoms with van der Waals surface area (Å²) in [6.07, 6.45) is 5.82. The normalized spacial score (nSPS) is 22.5. The van der Waals surface area contributed by atoms with Crippen LogP contribution in [0.1, 0.15) is 55.6 Å². The maximum atomic E-state index is 13.2. The van der Waals surface area contributed by atoms with Crippen molar-refractivity contribution in [2.24, 2.45) is 5.92 Å². The summed E-state index contributed by atoms with van der Waals surface area (Å²) in [5, 5.41) is 3.14. The quantitative estimate of drug-likeness (QED) is 0.737. The van der Waals surface area contributed by atoms with Crippen LogP contribution in [0.2, 0.25) is 0 Å². The molecule has 2 fully saturated rings. The van der Waals surface area contributed by atoms with Gasteiger partial charge >= 0.3 is 0 Å². The Morgan fingerprint density at radius 1 is 1.10 bits per heavy atom. The summed E-state index contributed by atoms with van der Waals surface area (Å²) >= 11 is 0. The third-order valence-electron chi connectivity index (χ3n) is 7.11. The van der Waals surface area contributed by atoms with Crippen LogP contribution in [-0.2, 0) is 11.3 Å².